The molecule has 0 aromatic carbocycles. The second-order valence-corrected chi connectivity index (χ2v) is 5.51. The van der Waals surface area contributed by atoms with Crippen molar-refractivity contribution in [1.29, 1.82) is 0 Å². The second kappa shape index (κ2) is 6.99. The maximum absolute atomic E-state index is 12.3. The molecule has 1 amide bonds. The molecule has 0 spiro atoms. The molecule has 96 valence electrons. The first-order valence-electron chi connectivity index (χ1n) is 5.81. The van der Waals surface area contributed by atoms with Gasteiger partial charge in [-0.25, -0.2) is 0 Å². The molecule has 0 saturated heterocycles. The topological polar surface area (TPSA) is 40.5 Å². The molecule has 0 aliphatic heterocycles. The predicted molar refractivity (Wildman–Crippen MR) is 71.8 cm³/mol. The minimum atomic E-state index is -0.0374. The van der Waals surface area contributed by atoms with Gasteiger partial charge in [-0.1, -0.05) is 25.4 Å². The molecule has 1 aromatic rings. The van der Waals surface area contributed by atoms with Crippen molar-refractivity contribution < 1.29 is 9.90 Å². The van der Waals surface area contributed by atoms with Crippen LogP contribution in [-0.4, -0.2) is 35.1 Å². The first-order chi connectivity index (χ1) is 8.13. The number of rotatable bonds is 6. The number of hydrogen-bond donors (Lipinski definition) is 1. The van der Waals surface area contributed by atoms with E-state index in [1.54, 1.807) is 17.0 Å². The molecule has 0 atom stereocenters. The van der Waals surface area contributed by atoms with E-state index in [4.69, 9.17) is 16.7 Å². The number of nitrogens with zero attached hydrogens (tertiary/aromatic N) is 1. The van der Waals surface area contributed by atoms with Crippen LogP contribution in [0.5, 0.6) is 0 Å². The third-order valence-electron chi connectivity index (χ3n) is 2.77. The maximum atomic E-state index is 12.3. The average Bonchev–Trinajstić information content (AvgIpc) is 2.75. The molecule has 0 bridgehead atoms. The molecule has 1 heterocycles. The molecule has 5 heteroatoms. The quantitative estimate of drug-likeness (QED) is 0.867. The Morgan fingerprint density at radius 1 is 1.47 bits per heavy atom. The molecule has 1 rings (SSSR count). The van der Waals surface area contributed by atoms with Crippen LogP contribution < -0.4 is 0 Å². The van der Waals surface area contributed by atoms with Gasteiger partial charge in [-0.3, -0.25) is 4.79 Å². The SMILES string of the molecule is CCC(CC)N(CCO)C(=O)c1ccc(Cl)s1. The number of carbonyl (C=O) groups excluding carboxylic acids is 1. The molecule has 1 aromatic heterocycles. The van der Waals surface area contributed by atoms with Crippen LogP contribution in [0.3, 0.4) is 0 Å². The van der Waals surface area contributed by atoms with Gasteiger partial charge in [0.2, 0.25) is 0 Å². The Morgan fingerprint density at radius 2 is 2.12 bits per heavy atom. The van der Waals surface area contributed by atoms with Crippen molar-refractivity contribution in [2.75, 3.05) is 13.2 Å². The van der Waals surface area contributed by atoms with Crippen LogP contribution in [0.1, 0.15) is 36.4 Å². The smallest absolute Gasteiger partial charge is 0.264 e. The minimum absolute atomic E-state index is 0.0126. The normalized spacial score (nSPS) is 10.9. The zero-order valence-corrected chi connectivity index (χ0v) is 11.7. The summed E-state index contributed by atoms with van der Waals surface area (Å²) in [6.45, 7) is 4.46. The zero-order valence-electron chi connectivity index (χ0n) is 10.1. The molecule has 0 aliphatic rings. The molecule has 0 fully saturated rings. The fourth-order valence-corrected chi connectivity index (χ4v) is 2.86. The lowest BCUT2D eigenvalue weighted by Gasteiger charge is -2.29. The Balaban J connectivity index is 2.86. The van der Waals surface area contributed by atoms with Crippen molar-refractivity contribution in [3.8, 4) is 0 Å². The molecule has 0 unspecified atom stereocenters. The third kappa shape index (κ3) is 3.69. The number of amides is 1. The number of aliphatic hydroxyl groups excluding tert-OH is 1. The lowest BCUT2D eigenvalue weighted by Crippen LogP contribution is -2.41. The largest absolute Gasteiger partial charge is 0.395 e. The van der Waals surface area contributed by atoms with Gasteiger partial charge in [0.15, 0.2) is 0 Å². The van der Waals surface area contributed by atoms with Gasteiger partial charge in [-0.15, -0.1) is 11.3 Å². The Labute approximate surface area is 111 Å². The zero-order chi connectivity index (χ0) is 12.8. The van der Waals surface area contributed by atoms with Crippen LogP contribution in [0.25, 0.3) is 0 Å². The maximum Gasteiger partial charge on any atom is 0.264 e. The Kier molecular flexibility index (Phi) is 5.95. The molecule has 0 saturated carbocycles. The van der Waals surface area contributed by atoms with Crippen LogP contribution in [0.2, 0.25) is 4.34 Å². The van der Waals surface area contributed by atoms with Gasteiger partial charge in [0.05, 0.1) is 15.8 Å². The molecule has 0 aliphatic carbocycles. The Hall–Kier alpha value is -0.580. The molecular weight excluding hydrogens is 258 g/mol. The standard InChI is InChI=1S/C12H18ClNO2S/c1-3-9(4-2)14(7-8-15)12(16)10-5-6-11(13)17-10/h5-6,9,15H,3-4,7-8H2,1-2H3. The second-order valence-electron chi connectivity index (χ2n) is 3.80. The summed E-state index contributed by atoms with van der Waals surface area (Å²) >= 11 is 7.11. The number of carbonyl (C=O) groups is 1. The predicted octanol–water partition coefficient (Wildman–Crippen LogP) is 3.02. The van der Waals surface area contributed by atoms with Crippen LogP contribution >= 0.6 is 22.9 Å². The fourth-order valence-electron chi connectivity index (χ4n) is 1.86. The highest BCUT2D eigenvalue weighted by atomic mass is 35.5. The summed E-state index contributed by atoms with van der Waals surface area (Å²) in [6.07, 6.45) is 1.78. The summed E-state index contributed by atoms with van der Waals surface area (Å²) in [6, 6.07) is 3.64. The van der Waals surface area contributed by atoms with Crippen molar-refractivity contribution >= 4 is 28.8 Å². The number of halogens is 1. The van der Waals surface area contributed by atoms with E-state index in [1.807, 2.05) is 13.8 Å². The van der Waals surface area contributed by atoms with Gasteiger partial charge in [-0.05, 0) is 25.0 Å². The van der Waals surface area contributed by atoms with Crippen LogP contribution in [0.4, 0.5) is 0 Å². The van der Waals surface area contributed by atoms with Crippen molar-refractivity contribution in [2.45, 2.75) is 32.7 Å². The van der Waals surface area contributed by atoms with E-state index in [-0.39, 0.29) is 18.6 Å². The van der Waals surface area contributed by atoms with E-state index in [2.05, 4.69) is 0 Å². The minimum Gasteiger partial charge on any atom is -0.395 e. The van der Waals surface area contributed by atoms with Crippen LogP contribution in [0, 0.1) is 0 Å². The fraction of sp³-hybridized carbons (Fsp3) is 0.583. The molecule has 3 nitrogen and oxygen atoms in total. The number of aliphatic hydroxyl groups is 1. The van der Waals surface area contributed by atoms with E-state index in [9.17, 15) is 4.79 Å². The van der Waals surface area contributed by atoms with Crippen molar-refractivity contribution in [3.05, 3.63) is 21.3 Å². The average molecular weight is 276 g/mol. The van der Waals surface area contributed by atoms with Gasteiger partial charge in [0.25, 0.3) is 5.91 Å². The Morgan fingerprint density at radius 3 is 2.53 bits per heavy atom. The lowest BCUT2D eigenvalue weighted by atomic mass is 10.1. The van der Waals surface area contributed by atoms with Gasteiger partial charge in [0.1, 0.15) is 0 Å². The highest BCUT2D eigenvalue weighted by molar-refractivity contribution is 7.17. The van der Waals surface area contributed by atoms with E-state index in [0.717, 1.165) is 12.8 Å². The van der Waals surface area contributed by atoms with E-state index < -0.39 is 0 Å². The summed E-state index contributed by atoms with van der Waals surface area (Å²) in [5.74, 6) is -0.0374. The summed E-state index contributed by atoms with van der Waals surface area (Å²) < 4.78 is 0.613. The first-order valence-corrected chi connectivity index (χ1v) is 7.00. The first kappa shape index (κ1) is 14.5. The molecule has 1 N–H and O–H groups in total. The summed E-state index contributed by atoms with van der Waals surface area (Å²) in [5, 5.41) is 9.06. The van der Waals surface area contributed by atoms with Gasteiger partial charge >= 0.3 is 0 Å². The third-order valence-corrected chi connectivity index (χ3v) is 3.99. The summed E-state index contributed by atoms with van der Waals surface area (Å²) in [5.41, 5.74) is 0. The number of thiophene rings is 1. The van der Waals surface area contributed by atoms with Crippen LogP contribution in [-0.2, 0) is 0 Å². The molecular formula is C12H18ClNO2S. The Bertz CT molecular complexity index is 363. The van der Waals surface area contributed by atoms with Crippen LogP contribution in [0.15, 0.2) is 12.1 Å². The molecule has 17 heavy (non-hydrogen) atoms. The van der Waals surface area contributed by atoms with Crippen molar-refractivity contribution in [2.24, 2.45) is 0 Å². The van der Waals surface area contributed by atoms with Crippen molar-refractivity contribution in [3.63, 3.8) is 0 Å². The van der Waals surface area contributed by atoms with Gasteiger partial charge < -0.3 is 10.0 Å². The number of hydrogen-bond acceptors (Lipinski definition) is 3. The van der Waals surface area contributed by atoms with Gasteiger partial charge in [-0.2, -0.15) is 0 Å². The summed E-state index contributed by atoms with van der Waals surface area (Å²) in [4.78, 5) is 14.6. The van der Waals surface area contributed by atoms with E-state index in [1.165, 1.54) is 11.3 Å². The van der Waals surface area contributed by atoms with Crippen molar-refractivity contribution in [1.82, 2.24) is 4.90 Å². The van der Waals surface area contributed by atoms with E-state index >= 15 is 0 Å². The van der Waals surface area contributed by atoms with E-state index in [0.29, 0.717) is 15.8 Å². The monoisotopic (exact) mass is 275 g/mol. The summed E-state index contributed by atoms with van der Waals surface area (Å²) in [7, 11) is 0. The molecule has 0 radical (unpaired) electrons. The highest BCUT2D eigenvalue weighted by Crippen LogP contribution is 2.24. The highest BCUT2D eigenvalue weighted by Gasteiger charge is 2.22. The lowest BCUT2D eigenvalue weighted by molar-refractivity contribution is 0.0627. The van der Waals surface area contributed by atoms with Gasteiger partial charge in [0, 0.05) is 12.6 Å².